The quantitative estimate of drug-likeness (QED) is 0.636. The molecule has 0 fully saturated rings. The molecule has 0 saturated carbocycles. The fourth-order valence-electron chi connectivity index (χ4n) is 1.58. The van der Waals surface area contributed by atoms with E-state index < -0.39 is 12.1 Å². The highest BCUT2D eigenvalue weighted by atomic mass is 19.1. The van der Waals surface area contributed by atoms with Crippen molar-refractivity contribution in [1.82, 2.24) is 4.90 Å². The lowest BCUT2D eigenvalue weighted by Gasteiger charge is -2.14. The normalized spacial score (nSPS) is 12.2. The van der Waals surface area contributed by atoms with Gasteiger partial charge in [-0.3, -0.25) is 9.59 Å². The number of unbranched alkanes of at least 4 members (excludes halogenated alkanes) is 1. The number of carbonyl (C=O) groups is 2. The minimum absolute atomic E-state index is 0.196. The highest BCUT2D eigenvalue weighted by Crippen LogP contribution is 2.12. The fraction of sp³-hybridized carbons (Fsp3) is 0.833. The van der Waals surface area contributed by atoms with Gasteiger partial charge in [-0.1, -0.05) is 19.8 Å². The van der Waals surface area contributed by atoms with E-state index in [2.05, 4.69) is 0 Å². The molecule has 4 nitrogen and oxygen atoms in total. The highest BCUT2D eigenvalue weighted by Gasteiger charge is 2.12. The molecule has 0 aliphatic rings. The number of rotatable bonds is 9. The molecule has 0 saturated heterocycles. The van der Waals surface area contributed by atoms with Crippen molar-refractivity contribution in [1.29, 1.82) is 0 Å². The molecule has 0 spiro atoms. The molecule has 5 heteroatoms. The Morgan fingerprint density at radius 1 is 1.29 bits per heavy atom. The predicted octanol–water partition coefficient (Wildman–Crippen LogP) is 2.23. The number of amides is 1. The van der Waals surface area contributed by atoms with Crippen LogP contribution in [0.2, 0.25) is 0 Å². The van der Waals surface area contributed by atoms with Crippen LogP contribution < -0.4 is 0 Å². The van der Waals surface area contributed by atoms with Gasteiger partial charge in [0.05, 0.1) is 0 Å². The molecular weight excluding hydrogens is 225 g/mol. The number of nitrogens with zero attached hydrogens (tertiary/aromatic N) is 1. The van der Waals surface area contributed by atoms with Gasteiger partial charge in [0.2, 0.25) is 5.91 Å². The molecule has 0 aromatic carbocycles. The third kappa shape index (κ3) is 8.65. The molecule has 0 heterocycles. The van der Waals surface area contributed by atoms with Crippen molar-refractivity contribution in [3.8, 4) is 0 Å². The van der Waals surface area contributed by atoms with Crippen LogP contribution in [-0.2, 0) is 9.59 Å². The zero-order chi connectivity index (χ0) is 13.3. The van der Waals surface area contributed by atoms with E-state index in [1.165, 1.54) is 11.9 Å². The van der Waals surface area contributed by atoms with E-state index in [0.29, 0.717) is 32.1 Å². The summed E-state index contributed by atoms with van der Waals surface area (Å²) in [6, 6.07) is 0. The van der Waals surface area contributed by atoms with Gasteiger partial charge in [0, 0.05) is 13.5 Å². The average molecular weight is 247 g/mol. The number of carboxylic acids is 1. The Hall–Kier alpha value is -1.13. The lowest BCUT2D eigenvalue weighted by Crippen LogP contribution is -2.31. The number of alkyl halides is 1. The largest absolute Gasteiger partial charge is 0.480 e. The monoisotopic (exact) mass is 247 g/mol. The van der Waals surface area contributed by atoms with Gasteiger partial charge in [-0.05, 0) is 19.3 Å². The van der Waals surface area contributed by atoms with Gasteiger partial charge < -0.3 is 10.0 Å². The predicted molar refractivity (Wildman–Crippen MR) is 63.5 cm³/mol. The maximum absolute atomic E-state index is 13.1. The van der Waals surface area contributed by atoms with Crippen molar-refractivity contribution >= 4 is 11.9 Å². The summed E-state index contributed by atoms with van der Waals surface area (Å²) >= 11 is 0. The molecule has 0 rings (SSSR count). The van der Waals surface area contributed by atoms with Gasteiger partial charge in [0.25, 0.3) is 0 Å². The van der Waals surface area contributed by atoms with Crippen LogP contribution in [0.5, 0.6) is 0 Å². The van der Waals surface area contributed by atoms with E-state index in [1.54, 1.807) is 0 Å². The molecule has 0 aliphatic heterocycles. The Bertz CT molecular complexity index is 246. The summed E-state index contributed by atoms with van der Waals surface area (Å²) in [6.45, 7) is 1.66. The minimum atomic E-state index is -1.02. The summed E-state index contributed by atoms with van der Waals surface area (Å²) < 4.78 is 13.1. The van der Waals surface area contributed by atoms with Crippen LogP contribution in [0, 0.1) is 0 Å². The summed E-state index contributed by atoms with van der Waals surface area (Å²) in [5.41, 5.74) is 0. The van der Waals surface area contributed by atoms with Crippen molar-refractivity contribution in [2.45, 2.75) is 51.6 Å². The van der Waals surface area contributed by atoms with Crippen molar-refractivity contribution in [3.63, 3.8) is 0 Å². The zero-order valence-corrected chi connectivity index (χ0v) is 10.6. The first-order chi connectivity index (χ1) is 7.97. The third-order valence-corrected chi connectivity index (χ3v) is 2.56. The van der Waals surface area contributed by atoms with Crippen LogP contribution in [0.1, 0.15) is 45.4 Å². The lowest BCUT2D eigenvalue weighted by molar-refractivity contribution is -0.143. The molecule has 0 aliphatic carbocycles. The van der Waals surface area contributed by atoms with E-state index in [4.69, 9.17) is 5.11 Å². The molecule has 1 unspecified atom stereocenters. The van der Waals surface area contributed by atoms with Crippen LogP contribution in [0.15, 0.2) is 0 Å². The molecule has 1 atom stereocenters. The number of hydrogen-bond acceptors (Lipinski definition) is 2. The average Bonchev–Trinajstić information content (AvgIpc) is 2.23. The summed E-state index contributed by atoms with van der Waals surface area (Å²) in [7, 11) is 1.46. The first kappa shape index (κ1) is 15.9. The van der Waals surface area contributed by atoms with Crippen LogP contribution in [-0.4, -0.2) is 41.6 Å². The first-order valence-corrected chi connectivity index (χ1v) is 6.07. The zero-order valence-electron chi connectivity index (χ0n) is 10.6. The molecule has 0 radical (unpaired) electrons. The summed E-state index contributed by atoms with van der Waals surface area (Å²) in [5, 5.41) is 8.49. The van der Waals surface area contributed by atoms with Crippen molar-refractivity contribution in [3.05, 3.63) is 0 Å². The fourth-order valence-corrected chi connectivity index (χ4v) is 1.58. The standard InChI is InChI=1S/C12H22FNO3/c1-3-6-10(13)7-4-5-8-11(15)14(2)9-12(16)17/h10H,3-9H2,1-2H3,(H,16,17). The molecule has 17 heavy (non-hydrogen) atoms. The van der Waals surface area contributed by atoms with Crippen molar-refractivity contribution in [2.75, 3.05) is 13.6 Å². The Morgan fingerprint density at radius 2 is 1.94 bits per heavy atom. The van der Waals surface area contributed by atoms with Gasteiger partial charge in [0.1, 0.15) is 12.7 Å². The number of carbonyl (C=O) groups excluding carboxylic acids is 1. The molecular formula is C12H22FNO3. The summed E-state index contributed by atoms with van der Waals surface area (Å²) in [6.07, 6.45) is 2.72. The van der Waals surface area contributed by atoms with E-state index in [1.807, 2.05) is 6.92 Å². The van der Waals surface area contributed by atoms with E-state index >= 15 is 0 Å². The second-order valence-corrected chi connectivity index (χ2v) is 4.28. The van der Waals surface area contributed by atoms with E-state index in [0.717, 1.165) is 6.42 Å². The number of hydrogen-bond donors (Lipinski definition) is 1. The van der Waals surface area contributed by atoms with Crippen LogP contribution in [0.4, 0.5) is 4.39 Å². The SMILES string of the molecule is CCCC(F)CCCCC(=O)N(C)CC(=O)O. The second-order valence-electron chi connectivity index (χ2n) is 4.28. The summed E-state index contributed by atoms with van der Waals surface area (Å²) in [4.78, 5) is 23.0. The van der Waals surface area contributed by atoms with Crippen molar-refractivity contribution < 1.29 is 19.1 Å². The molecule has 0 aromatic heterocycles. The van der Waals surface area contributed by atoms with Gasteiger partial charge in [-0.25, -0.2) is 4.39 Å². The molecule has 100 valence electrons. The maximum atomic E-state index is 13.1. The molecule has 0 aromatic rings. The van der Waals surface area contributed by atoms with Gasteiger partial charge in [-0.2, -0.15) is 0 Å². The Morgan fingerprint density at radius 3 is 2.47 bits per heavy atom. The topological polar surface area (TPSA) is 57.6 Å². The maximum Gasteiger partial charge on any atom is 0.323 e. The van der Waals surface area contributed by atoms with Crippen LogP contribution in [0.25, 0.3) is 0 Å². The lowest BCUT2D eigenvalue weighted by atomic mass is 10.1. The number of carboxylic acid groups (broad SMARTS) is 1. The van der Waals surface area contributed by atoms with Gasteiger partial charge in [0.15, 0.2) is 0 Å². The van der Waals surface area contributed by atoms with Crippen LogP contribution >= 0.6 is 0 Å². The molecule has 0 bridgehead atoms. The third-order valence-electron chi connectivity index (χ3n) is 2.56. The van der Waals surface area contributed by atoms with Gasteiger partial charge in [-0.15, -0.1) is 0 Å². The smallest absolute Gasteiger partial charge is 0.323 e. The molecule has 1 N–H and O–H groups in total. The Labute approximate surface area is 102 Å². The highest BCUT2D eigenvalue weighted by molar-refractivity contribution is 5.80. The molecule has 1 amide bonds. The Balaban J connectivity index is 3.60. The number of aliphatic carboxylic acids is 1. The second kappa shape index (κ2) is 8.96. The first-order valence-electron chi connectivity index (χ1n) is 6.07. The van der Waals surface area contributed by atoms with Crippen molar-refractivity contribution in [2.24, 2.45) is 0 Å². The number of halogens is 1. The summed E-state index contributed by atoms with van der Waals surface area (Å²) in [5.74, 6) is -1.22. The van der Waals surface area contributed by atoms with Crippen LogP contribution in [0.3, 0.4) is 0 Å². The number of likely N-dealkylation sites (N-methyl/N-ethyl adjacent to an activating group) is 1. The Kier molecular flexibility index (Phi) is 8.36. The minimum Gasteiger partial charge on any atom is -0.480 e. The van der Waals surface area contributed by atoms with E-state index in [9.17, 15) is 14.0 Å². The van der Waals surface area contributed by atoms with E-state index in [-0.39, 0.29) is 12.5 Å². The van der Waals surface area contributed by atoms with Gasteiger partial charge >= 0.3 is 5.97 Å².